The number of nitrogens with one attached hydrogen (secondary N) is 1. The van der Waals surface area contributed by atoms with Gasteiger partial charge in [-0.3, -0.25) is 9.48 Å². The quantitative estimate of drug-likeness (QED) is 0.718. The van der Waals surface area contributed by atoms with Crippen LogP contribution in [0.4, 0.5) is 0 Å². The number of aliphatic carboxylic acids is 1. The van der Waals surface area contributed by atoms with E-state index in [0.29, 0.717) is 28.0 Å². The predicted octanol–water partition coefficient (Wildman–Crippen LogP) is 2.84. The molecule has 7 nitrogen and oxygen atoms in total. The first kappa shape index (κ1) is 18.1. The van der Waals surface area contributed by atoms with E-state index < -0.39 is 17.9 Å². The third kappa shape index (κ3) is 3.20. The monoisotopic (exact) mass is 372 g/mol. The Labute approximate surface area is 154 Å². The van der Waals surface area contributed by atoms with Gasteiger partial charge in [0.1, 0.15) is 6.04 Å². The van der Waals surface area contributed by atoms with Crippen LogP contribution in [0.3, 0.4) is 0 Å². The molecule has 3 heterocycles. The van der Waals surface area contributed by atoms with E-state index in [9.17, 15) is 14.7 Å². The van der Waals surface area contributed by atoms with Crippen molar-refractivity contribution in [1.29, 1.82) is 0 Å². The highest BCUT2D eigenvalue weighted by atomic mass is 32.1. The van der Waals surface area contributed by atoms with Gasteiger partial charge in [0.15, 0.2) is 5.65 Å². The molecule has 0 aliphatic carbocycles. The maximum absolute atomic E-state index is 12.9. The van der Waals surface area contributed by atoms with Crippen molar-refractivity contribution in [3.05, 3.63) is 34.8 Å². The van der Waals surface area contributed by atoms with E-state index in [4.69, 9.17) is 0 Å². The Kier molecular flexibility index (Phi) is 4.78. The summed E-state index contributed by atoms with van der Waals surface area (Å²) in [5.74, 6) is -1.73. The average Bonchev–Trinajstić information content (AvgIpc) is 3.20. The molecule has 0 saturated carbocycles. The van der Waals surface area contributed by atoms with E-state index in [-0.39, 0.29) is 5.92 Å². The average molecular weight is 372 g/mol. The smallest absolute Gasteiger partial charge is 0.326 e. The molecule has 0 spiro atoms. The summed E-state index contributed by atoms with van der Waals surface area (Å²) in [6.07, 6.45) is 0. The van der Waals surface area contributed by atoms with Crippen LogP contribution in [0.2, 0.25) is 0 Å². The first-order chi connectivity index (χ1) is 12.3. The van der Waals surface area contributed by atoms with Crippen molar-refractivity contribution in [2.75, 3.05) is 0 Å². The Morgan fingerprint density at radius 2 is 2.08 bits per heavy atom. The lowest BCUT2D eigenvalue weighted by atomic mass is 10.0. The first-order valence-electron chi connectivity index (χ1n) is 8.21. The summed E-state index contributed by atoms with van der Waals surface area (Å²) in [5, 5.41) is 19.0. The number of hydrogen-bond donors (Lipinski definition) is 2. The molecule has 1 unspecified atom stereocenters. The summed E-state index contributed by atoms with van der Waals surface area (Å²) < 4.78 is 1.63. The molecular formula is C18H20N4O3S. The molecular weight excluding hydrogens is 352 g/mol. The Hall–Kier alpha value is -2.74. The van der Waals surface area contributed by atoms with Gasteiger partial charge in [-0.1, -0.05) is 19.9 Å². The molecule has 3 rings (SSSR count). The number of fused-ring (bicyclic) bond motifs is 1. The number of amides is 1. The normalized spacial score (nSPS) is 12.5. The van der Waals surface area contributed by atoms with E-state index in [1.165, 1.54) is 11.3 Å². The van der Waals surface area contributed by atoms with Crippen molar-refractivity contribution in [1.82, 2.24) is 20.1 Å². The minimum atomic E-state index is -1.06. The molecule has 3 aromatic rings. The van der Waals surface area contributed by atoms with Crippen LogP contribution in [-0.2, 0) is 11.8 Å². The molecule has 0 fully saturated rings. The number of aromatic nitrogens is 3. The summed E-state index contributed by atoms with van der Waals surface area (Å²) in [4.78, 5) is 30.0. The fraction of sp³-hybridized carbons (Fsp3) is 0.333. The van der Waals surface area contributed by atoms with Gasteiger partial charge in [-0.15, -0.1) is 11.3 Å². The van der Waals surface area contributed by atoms with E-state index in [0.717, 1.165) is 4.88 Å². The summed E-state index contributed by atoms with van der Waals surface area (Å²) >= 11 is 1.52. The lowest BCUT2D eigenvalue weighted by molar-refractivity contribution is -0.140. The highest BCUT2D eigenvalue weighted by molar-refractivity contribution is 7.13. The summed E-state index contributed by atoms with van der Waals surface area (Å²) in [5.41, 5.74) is 2.32. The van der Waals surface area contributed by atoms with Gasteiger partial charge < -0.3 is 10.4 Å². The van der Waals surface area contributed by atoms with Crippen molar-refractivity contribution in [2.45, 2.75) is 26.8 Å². The van der Waals surface area contributed by atoms with Gasteiger partial charge in [-0.05, 0) is 30.4 Å². The number of nitrogens with zero attached hydrogens (tertiary/aromatic N) is 3. The Bertz CT molecular complexity index is 976. The molecule has 0 bridgehead atoms. The zero-order valence-corrected chi connectivity index (χ0v) is 15.8. The van der Waals surface area contributed by atoms with Crippen molar-refractivity contribution in [3.8, 4) is 10.6 Å². The number of pyridine rings is 1. The first-order valence-corrected chi connectivity index (χ1v) is 9.09. The molecule has 26 heavy (non-hydrogen) atoms. The lowest BCUT2D eigenvalue weighted by Crippen LogP contribution is -2.44. The largest absolute Gasteiger partial charge is 0.480 e. The molecule has 3 aromatic heterocycles. The third-order valence-corrected chi connectivity index (χ3v) is 5.10. The zero-order valence-electron chi connectivity index (χ0n) is 15.0. The number of carbonyl (C=O) groups is 2. The van der Waals surface area contributed by atoms with Gasteiger partial charge in [0.25, 0.3) is 5.91 Å². The van der Waals surface area contributed by atoms with Crippen LogP contribution in [0.1, 0.15) is 29.9 Å². The Morgan fingerprint density at radius 1 is 1.35 bits per heavy atom. The zero-order chi connectivity index (χ0) is 19.0. The number of rotatable bonds is 5. The van der Waals surface area contributed by atoms with Gasteiger partial charge in [-0.2, -0.15) is 5.10 Å². The van der Waals surface area contributed by atoms with Gasteiger partial charge in [0.05, 0.1) is 27.2 Å². The van der Waals surface area contributed by atoms with Crippen molar-refractivity contribution in [3.63, 3.8) is 0 Å². The summed E-state index contributed by atoms with van der Waals surface area (Å²) in [6.45, 7) is 5.32. The number of aryl methyl sites for hydroxylation is 2. The van der Waals surface area contributed by atoms with Crippen LogP contribution in [0.25, 0.3) is 21.6 Å². The van der Waals surface area contributed by atoms with Gasteiger partial charge in [0, 0.05) is 7.05 Å². The van der Waals surface area contributed by atoms with E-state index in [2.05, 4.69) is 15.4 Å². The Morgan fingerprint density at radius 3 is 2.65 bits per heavy atom. The molecule has 1 atom stereocenters. The molecule has 0 aliphatic rings. The lowest BCUT2D eigenvalue weighted by Gasteiger charge is -2.18. The maximum Gasteiger partial charge on any atom is 0.326 e. The van der Waals surface area contributed by atoms with E-state index in [1.807, 2.05) is 24.4 Å². The third-order valence-electron chi connectivity index (χ3n) is 4.21. The molecule has 1 amide bonds. The van der Waals surface area contributed by atoms with Crippen LogP contribution in [0.15, 0.2) is 23.6 Å². The second-order valence-electron chi connectivity index (χ2n) is 6.47. The van der Waals surface area contributed by atoms with Crippen molar-refractivity contribution in [2.24, 2.45) is 13.0 Å². The van der Waals surface area contributed by atoms with Crippen molar-refractivity contribution >= 4 is 34.2 Å². The standard InChI is InChI=1S/C18H20N4O3S/c1-9(2)15(18(24)25)20-17(23)11-8-12(13-6-5-7-26-13)19-16-14(11)10(3)21-22(16)4/h5-9,15H,1-4H3,(H,20,23)(H,24,25). The minimum Gasteiger partial charge on any atom is -0.480 e. The fourth-order valence-corrected chi connectivity index (χ4v) is 3.59. The molecule has 8 heteroatoms. The highest BCUT2D eigenvalue weighted by Gasteiger charge is 2.26. The van der Waals surface area contributed by atoms with E-state index in [1.54, 1.807) is 31.6 Å². The number of carbonyl (C=O) groups excluding carboxylic acids is 1. The van der Waals surface area contributed by atoms with Crippen LogP contribution in [0, 0.1) is 12.8 Å². The molecule has 0 aromatic carbocycles. The number of hydrogen-bond acceptors (Lipinski definition) is 5. The number of carboxylic acids is 1. The van der Waals surface area contributed by atoms with Crippen LogP contribution in [-0.4, -0.2) is 37.8 Å². The summed E-state index contributed by atoms with van der Waals surface area (Å²) in [7, 11) is 1.77. The second-order valence-corrected chi connectivity index (χ2v) is 7.42. The molecule has 136 valence electrons. The SMILES string of the molecule is Cc1nn(C)c2nc(-c3cccs3)cc(C(=O)NC(C(=O)O)C(C)C)c12. The second kappa shape index (κ2) is 6.87. The minimum absolute atomic E-state index is 0.236. The van der Waals surface area contributed by atoms with Crippen LogP contribution < -0.4 is 5.32 Å². The molecule has 2 N–H and O–H groups in total. The molecule has 0 radical (unpaired) electrons. The van der Waals surface area contributed by atoms with Crippen LogP contribution >= 0.6 is 11.3 Å². The number of carboxylic acid groups (broad SMARTS) is 1. The van der Waals surface area contributed by atoms with Crippen LogP contribution in [0.5, 0.6) is 0 Å². The number of thiophene rings is 1. The Balaban J connectivity index is 2.14. The summed E-state index contributed by atoms with van der Waals surface area (Å²) in [6, 6.07) is 4.59. The van der Waals surface area contributed by atoms with Gasteiger partial charge >= 0.3 is 5.97 Å². The highest BCUT2D eigenvalue weighted by Crippen LogP contribution is 2.29. The molecule has 0 aliphatic heterocycles. The van der Waals surface area contributed by atoms with E-state index >= 15 is 0 Å². The van der Waals surface area contributed by atoms with Crippen molar-refractivity contribution < 1.29 is 14.7 Å². The topological polar surface area (TPSA) is 97.1 Å². The molecule has 0 saturated heterocycles. The predicted molar refractivity (Wildman–Crippen MR) is 100 cm³/mol. The maximum atomic E-state index is 12.9. The van der Waals surface area contributed by atoms with Gasteiger partial charge in [0.2, 0.25) is 0 Å². The van der Waals surface area contributed by atoms with Gasteiger partial charge in [-0.25, -0.2) is 9.78 Å². The fourth-order valence-electron chi connectivity index (χ4n) is 2.91.